The van der Waals surface area contributed by atoms with E-state index in [-0.39, 0.29) is 16.7 Å². The number of rotatable bonds is 6. The molecule has 2 atom stereocenters. The number of hydrogen-bond acceptors (Lipinski definition) is 3. The molecule has 0 heterocycles. The summed E-state index contributed by atoms with van der Waals surface area (Å²) in [5.41, 5.74) is -0.0126. The summed E-state index contributed by atoms with van der Waals surface area (Å²) in [4.78, 5) is 0. The first-order valence-electron chi connectivity index (χ1n) is 7.04. The normalized spacial score (nSPS) is 15.6. The van der Waals surface area contributed by atoms with Gasteiger partial charge in [-0.2, -0.15) is 0 Å². The van der Waals surface area contributed by atoms with Gasteiger partial charge >= 0.3 is 0 Å². The molecular weight excluding hydrogens is 312 g/mol. The maximum absolute atomic E-state index is 13.2. The minimum absolute atomic E-state index is 0.0641. The van der Waals surface area contributed by atoms with Gasteiger partial charge in [0.25, 0.3) is 0 Å². The number of hydrogen-bond donors (Lipinski definition) is 2. The van der Waals surface area contributed by atoms with Crippen LogP contribution in [0.1, 0.15) is 45.8 Å². The van der Waals surface area contributed by atoms with Gasteiger partial charge in [-0.3, -0.25) is 0 Å². The van der Waals surface area contributed by atoms with E-state index in [1.54, 1.807) is 0 Å². The molecule has 0 aromatic heterocycles. The van der Waals surface area contributed by atoms with Gasteiger partial charge in [-0.15, -0.1) is 0 Å². The number of nitrogens with one attached hydrogen (secondary N) is 1. The predicted octanol–water partition coefficient (Wildman–Crippen LogP) is 2.74. The molecule has 0 radical (unpaired) electrons. The monoisotopic (exact) mass is 335 g/mol. The van der Waals surface area contributed by atoms with E-state index in [4.69, 9.17) is 0 Å². The van der Waals surface area contributed by atoms with Gasteiger partial charge in [0, 0.05) is 6.04 Å². The molecule has 0 saturated heterocycles. The molecule has 0 bridgehead atoms. The third-order valence-corrected chi connectivity index (χ3v) is 4.72. The number of halogens is 2. The Hall–Kier alpha value is -1.05. The molecule has 0 aliphatic rings. The molecule has 0 saturated carbocycles. The highest BCUT2D eigenvalue weighted by molar-refractivity contribution is 7.89. The number of aliphatic hydroxyl groups is 1. The van der Waals surface area contributed by atoms with E-state index in [0.717, 1.165) is 12.1 Å². The van der Waals surface area contributed by atoms with Crippen molar-refractivity contribution in [3.05, 3.63) is 35.4 Å². The predicted molar refractivity (Wildman–Crippen MR) is 81.8 cm³/mol. The number of sulfonamides is 1. The smallest absolute Gasteiger partial charge is 0.211 e. The van der Waals surface area contributed by atoms with Crippen molar-refractivity contribution in [2.24, 2.45) is 5.41 Å². The second kappa shape index (κ2) is 7.02. The summed E-state index contributed by atoms with van der Waals surface area (Å²) in [6, 6.07) is 2.13. The summed E-state index contributed by atoms with van der Waals surface area (Å²) in [5, 5.41) is 10.1. The highest BCUT2D eigenvalue weighted by Gasteiger charge is 2.24. The lowest BCUT2D eigenvalue weighted by atomic mass is 9.94. The lowest BCUT2D eigenvalue weighted by molar-refractivity contribution is 0.146. The zero-order valence-electron chi connectivity index (χ0n) is 13.2. The fraction of sp³-hybridized carbons (Fsp3) is 0.600. The van der Waals surface area contributed by atoms with Crippen LogP contribution in [0.2, 0.25) is 0 Å². The van der Waals surface area contributed by atoms with Gasteiger partial charge in [0.1, 0.15) is 0 Å². The summed E-state index contributed by atoms with van der Waals surface area (Å²) in [6.07, 6.45) is -0.796. The molecule has 22 heavy (non-hydrogen) atoms. The molecule has 0 aliphatic heterocycles. The second-order valence-corrected chi connectivity index (χ2v) is 8.53. The highest BCUT2D eigenvalue weighted by Crippen LogP contribution is 2.21. The van der Waals surface area contributed by atoms with Crippen LogP contribution in [0.3, 0.4) is 0 Å². The van der Waals surface area contributed by atoms with Crippen molar-refractivity contribution >= 4 is 10.0 Å². The van der Waals surface area contributed by atoms with Gasteiger partial charge in [-0.05, 0) is 36.5 Å². The minimum atomic E-state index is -3.56. The van der Waals surface area contributed by atoms with Crippen LogP contribution in [0.25, 0.3) is 0 Å². The van der Waals surface area contributed by atoms with Crippen LogP contribution in [-0.2, 0) is 10.0 Å². The fourth-order valence-corrected chi connectivity index (χ4v) is 3.53. The van der Waals surface area contributed by atoms with Crippen LogP contribution in [-0.4, -0.2) is 25.3 Å². The first kappa shape index (κ1) is 19.0. The molecule has 0 aliphatic carbocycles. The van der Waals surface area contributed by atoms with Crippen LogP contribution >= 0.6 is 0 Å². The first-order valence-corrected chi connectivity index (χ1v) is 8.69. The van der Waals surface area contributed by atoms with Crippen molar-refractivity contribution in [2.45, 2.75) is 46.3 Å². The fourth-order valence-electron chi connectivity index (χ4n) is 1.83. The largest absolute Gasteiger partial charge is 0.387 e. The van der Waals surface area contributed by atoms with Crippen LogP contribution in [0.4, 0.5) is 8.78 Å². The molecule has 1 aromatic rings. The van der Waals surface area contributed by atoms with Crippen molar-refractivity contribution < 1.29 is 22.3 Å². The van der Waals surface area contributed by atoms with Crippen LogP contribution in [0, 0.1) is 17.0 Å². The molecule has 0 spiro atoms. The molecule has 2 unspecified atom stereocenters. The van der Waals surface area contributed by atoms with Gasteiger partial charge in [0.2, 0.25) is 10.0 Å². The van der Waals surface area contributed by atoms with E-state index < -0.39 is 33.8 Å². The average molecular weight is 335 g/mol. The van der Waals surface area contributed by atoms with Crippen molar-refractivity contribution in [3.63, 3.8) is 0 Å². The van der Waals surface area contributed by atoms with E-state index in [2.05, 4.69) is 4.72 Å². The standard InChI is InChI=1S/C15H23F2NO3S/c1-10(18-22(20,21)8-7-15(2,3)4)14(19)11-5-6-12(16)13(17)9-11/h5-6,9-10,14,18-19H,7-8H2,1-4H3. The molecule has 1 aromatic carbocycles. The van der Waals surface area contributed by atoms with Gasteiger partial charge in [0.05, 0.1) is 11.9 Å². The third-order valence-electron chi connectivity index (χ3n) is 3.25. The summed E-state index contributed by atoms with van der Waals surface area (Å²) in [5.74, 6) is -2.17. The van der Waals surface area contributed by atoms with Gasteiger partial charge in [-0.25, -0.2) is 21.9 Å². The molecule has 1 rings (SSSR count). The second-order valence-electron chi connectivity index (χ2n) is 6.65. The summed E-state index contributed by atoms with van der Waals surface area (Å²) in [7, 11) is -3.56. The van der Waals surface area contributed by atoms with Crippen LogP contribution < -0.4 is 4.72 Å². The quantitative estimate of drug-likeness (QED) is 0.840. The third kappa shape index (κ3) is 5.98. The van der Waals surface area contributed by atoms with Crippen molar-refractivity contribution in [1.29, 1.82) is 0 Å². The van der Waals surface area contributed by atoms with Crippen LogP contribution in [0.5, 0.6) is 0 Å². The summed E-state index contributed by atoms with van der Waals surface area (Å²) < 4.78 is 52.4. The molecule has 4 nitrogen and oxygen atoms in total. The molecule has 7 heteroatoms. The first-order chi connectivity index (χ1) is 9.91. The Bertz CT molecular complexity index is 612. The Balaban J connectivity index is 2.74. The molecular formula is C15H23F2NO3S. The van der Waals surface area contributed by atoms with E-state index in [1.807, 2.05) is 20.8 Å². The Morgan fingerprint density at radius 1 is 1.23 bits per heavy atom. The summed E-state index contributed by atoms with van der Waals surface area (Å²) >= 11 is 0. The average Bonchev–Trinajstić information content (AvgIpc) is 2.38. The number of benzene rings is 1. The molecule has 0 amide bonds. The Morgan fingerprint density at radius 2 is 1.82 bits per heavy atom. The van der Waals surface area contributed by atoms with E-state index in [1.165, 1.54) is 13.0 Å². The Labute approximate surface area is 130 Å². The van der Waals surface area contributed by atoms with E-state index in [0.29, 0.717) is 6.42 Å². The maximum atomic E-state index is 13.2. The number of aliphatic hydroxyl groups excluding tert-OH is 1. The lowest BCUT2D eigenvalue weighted by Crippen LogP contribution is -2.39. The van der Waals surface area contributed by atoms with Crippen molar-refractivity contribution in [1.82, 2.24) is 4.72 Å². The minimum Gasteiger partial charge on any atom is -0.387 e. The SMILES string of the molecule is CC(NS(=O)(=O)CCC(C)(C)C)C(O)c1ccc(F)c(F)c1. The molecule has 126 valence electrons. The maximum Gasteiger partial charge on any atom is 0.211 e. The zero-order chi connectivity index (χ0) is 17.1. The lowest BCUT2D eigenvalue weighted by Gasteiger charge is -2.22. The van der Waals surface area contributed by atoms with E-state index >= 15 is 0 Å². The van der Waals surface area contributed by atoms with Crippen molar-refractivity contribution in [2.75, 3.05) is 5.75 Å². The van der Waals surface area contributed by atoms with Crippen molar-refractivity contribution in [3.8, 4) is 0 Å². The van der Waals surface area contributed by atoms with Gasteiger partial charge in [0.15, 0.2) is 11.6 Å². The van der Waals surface area contributed by atoms with E-state index in [9.17, 15) is 22.3 Å². The summed E-state index contributed by atoms with van der Waals surface area (Å²) in [6.45, 7) is 7.27. The zero-order valence-corrected chi connectivity index (χ0v) is 14.0. The van der Waals surface area contributed by atoms with Gasteiger partial charge < -0.3 is 5.11 Å². The molecule has 0 fully saturated rings. The topological polar surface area (TPSA) is 66.4 Å². The van der Waals surface area contributed by atoms with Gasteiger partial charge in [-0.1, -0.05) is 26.8 Å². The highest BCUT2D eigenvalue weighted by atomic mass is 32.2. The Morgan fingerprint density at radius 3 is 2.32 bits per heavy atom. The Kier molecular flexibility index (Phi) is 6.06. The molecule has 2 N–H and O–H groups in total. The van der Waals surface area contributed by atoms with Crippen LogP contribution in [0.15, 0.2) is 18.2 Å².